The summed E-state index contributed by atoms with van der Waals surface area (Å²) >= 11 is 0. The Kier molecular flexibility index (Phi) is 5.74. The second-order valence-corrected chi connectivity index (χ2v) is 10.3. The Morgan fingerprint density at radius 2 is 1.74 bits per heavy atom. The van der Waals surface area contributed by atoms with Crippen LogP contribution in [-0.2, 0) is 4.74 Å². The van der Waals surface area contributed by atoms with Crippen molar-refractivity contribution in [2.45, 2.75) is 49.2 Å². The quantitative estimate of drug-likeness (QED) is 0.188. The lowest BCUT2D eigenvalue weighted by Crippen LogP contribution is -2.49. The molecule has 2 aliphatic rings. The van der Waals surface area contributed by atoms with E-state index >= 15 is 0 Å². The normalized spacial score (nSPS) is 28.9. The molecule has 1 aliphatic heterocycles. The Morgan fingerprint density at radius 1 is 0.923 bits per heavy atom. The van der Waals surface area contributed by atoms with Gasteiger partial charge in [0, 0.05) is 13.0 Å². The largest absolute Gasteiger partial charge is 0.390 e. The van der Waals surface area contributed by atoms with Crippen LogP contribution in [0.2, 0.25) is 0 Å². The Hall–Kier alpha value is -3.71. The smallest absolute Gasteiger partial charge is 0.167 e. The van der Waals surface area contributed by atoms with E-state index in [0.29, 0.717) is 28.7 Å². The molecule has 0 spiro atoms. The molecule has 2 aromatic heterocycles. The number of nitrogens with one attached hydrogen (secondary N) is 1. The number of aliphatic hydroxyl groups excluding tert-OH is 4. The Labute approximate surface area is 222 Å². The van der Waals surface area contributed by atoms with Crippen molar-refractivity contribution in [1.82, 2.24) is 24.8 Å². The number of imidazole rings is 1. The summed E-state index contributed by atoms with van der Waals surface area (Å²) in [6.07, 6.45) is -2.56. The number of aliphatic hydroxyl groups is 4. The predicted octanol–water partition coefficient (Wildman–Crippen LogP) is 1.46. The van der Waals surface area contributed by atoms with Crippen molar-refractivity contribution in [1.29, 1.82) is 0 Å². The van der Waals surface area contributed by atoms with Crippen LogP contribution in [-0.4, -0.2) is 70.9 Å². The van der Waals surface area contributed by atoms with Gasteiger partial charge in [-0.3, -0.25) is 4.57 Å². The number of nitrogen functional groups attached to an aromatic ring is 1. The SMILES string of the molecule is Nc1ncnc2c1ncn2[C@H]1C[C@H](O)[C@@H](CN[C@@H]2c3cc4c(ccc5ccccc54)cc3[C@H](O)[C@@H](O)[C@H]2O)O1. The van der Waals surface area contributed by atoms with Gasteiger partial charge in [-0.05, 0) is 44.8 Å². The minimum absolute atomic E-state index is 0.193. The topological polar surface area (TPSA) is 172 Å². The van der Waals surface area contributed by atoms with Crippen LogP contribution in [0.4, 0.5) is 5.82 Å². The predicted molar refractivity (Wildman–Crippen MR) is 143 cm³/mol. The summed E-state index contributed by atoms with van der Waals surface area (Å²) in [5.41, 5.74) is 8.13. The third kappa shape index (κ3) is 3.86. The van der Waals surface area contributed by atoms with Gasteiger partial charge in [0.2, 0.25) is 0 Å². The molecule has 200 valence electrons. The Balaban J connectivity index is 1.18. The van der Waals surface area contributed by atoms with E-state index in [1.807, 2.05) is 48.5 Å². The molecule has 1 aliphatic carbocycles. The number of benzene rings is 3. The first-order chi connectivity index (χ1) is 18.9. The molecule has 0 bridgehead atoms. The van der Waals surface area contributed by atoms with E-state index in [9.17, 15) is 20.4 Å². The third-order valence-corrected chi connectivity index (χ3v) is 8.06. The molecule has 0 amide bonds. The van der Waals surface area contributed by atoms with Crippen molar-refractivity contribution in [2.75, 3.05) is 12.3 Å². The highest BCUT2D eigenvalue weighted by Crippen LogP contribution is 2.41. The summed E-state index contributed by atoms with van der Waals surface area (Å²) in [5, 5.41) is 50.7. The second-order valence-electron chi connectivity index (χ2n) is 10.3. The summed E-state index contributed by atoms with van der Waals surface area (Å²) < 4.78 is 7.89. The number of fused-ring (bicyclic) bond motifs is 5. The average Bonchev–Trinajstić information content (AvgIpc) is 3.55. The van der Waals surface area contributed by atoms with Gasteiger partial charge in [0.25, 0.3) is 0 Å². The fraction of sp³-hybridized carbons (Fsp3) is 0.321. The molecular weight excluding hydrogens is 500 g/mol. The minimum Gasteiger partial charge on any atom is -0.390 e. The van der Waals surface area contributed by atoms with Gasteiger partial charge in [0.05, 0.1) is 24.6 Å². The molecular formula is C28H28N6O5. The van der Waals surface area contributed by atoms with Crippen molar-refractivity contribution in [3.05, 3.63) is 72.3 Å². The molecule has 7 N–H and O–H groups in total. The molecule has 11 nitrogen and oxygen atoms in total. The van der Waals surface area contributed by atoms with Gasteiger partial charge in [0.1, 0.15) is 36.4 Å². The maximum absolute atomic E-state index is 11.0. The van der Waals surface area contributed by atoms with Gasteiger partial charge in [-0.25, -0.2) is 15.0 Å². The molecule has 11 heteroatoms. The van der Waals surface area contributed by atoms with E-state index < -0.39 is 42.8 Å². The molecule has 7 rings (SSSR count). The maximum atomic E-state index is 11.0. The van der Waals surface area contributed by atoms with E-state index in [1.54, 1.807) is 10.9 Å². The van der Waals surface area contributed by atoms with Gasteiger partial charge in [-0.15, -0.1) is 0 Å². The summed E-state index contributed by atoms with van der Waals surface area (Å²) in [7, 11) is 0. The van der Waals surface area contributed by atoms with Crippen molar-refractivity contribution < 1.29 is 25.2 Å². The highest BCUT2D eigenvalue weighted by Gasteiger charge is 2.42. The number of anilines is 1. The lowest BCUT2D eigenvalue weighted by Gasteiger charge is -2.38. The zero-order chi connectivity index (χ0) is 26.8. The fourth-order valence-corrected chi connectivity index (χ4v) is 5.99. The van der Waals surface area contributed by atoms with Gasteiger partial charge < -0.3 is 36.2 Å². The molecule has 0 radical (unpaired) electrons. The van der Waals surface area contributed by atoms with Crippen molar-refractivity contribution >= 4 is 38.5 Å². The first-order valence-corrected chi connectivity index (χ1v) is 12.9. The summed E-state index contributed by atoms with van der Waals surface area (Å²) in [6, 6.07) is 15.2. The van der Waals surface area contributed by atoms with Gasteiger partial charge >= 0.3 is 0 Å². The number of rotatable bonds is 4. The summed E-state index contributed by atoms with van der Waals surface area (Å²) in [4.78, 5) is 12.5. The lowest BCUT2D eigenvalue weighted by molar-refractivity contribution is -0.0878. The Morgan fingerprint density at radius 3 is 2.62 bits per heavy atom. The zero-order valence-corrected chi connectivity index (χ0v) is 20.8. The van der Waals surface area contributed by atoms with E-state index in [-0.39, 0.29) is 12.4 Å². The molecule has 3 aromatic carbocycles. The number of ether oxygens (including phenoxy) is 1. The minimum atomic E-state index is -1.38. The van der Waals surface area contributed by atoms with Crippen LogP contribution in [0, 0.1) is 0 Å². The number of nitrogens with zero attached hydrogens (tertiary/aromatic N) is 4. The van der Waals surface area contributed by atoms with Gasteiger partial charge in [-0.2, -0.15) is 0 Å². The first-order valence-electron chi connectivity index (χ1n) is 12.9. The van der Waals surface area contributed by atoms with Crippen LogP contribution in [0.3, 0.4) is 0 Å². The monoisotopic (exact) mass is 528 g/mol. The average molecular weight is 529 g/mol. The van der Waals surface area contributed by atoms with Crippen LogP contribution in [0.5, 0.6) is 0 Å². The summed E-state index contributed by atoms with van der Waals surface area (Å²) in [5.74, 6) is 0.265. The van der Waals surface area contributed by atoms with Gasteiger partial charge in [-0.1, -0.05) is 36.4 Å². The molecule has 3 heterocycles. The van der Waals surface area contributed by atoms with Crippen LogP contribution in [0.15, 0.2) is 61.2 Å². The van der Waals surface area contributed by atoms with Crippen molar-refractivity contribution in [3.63, 3.8) is 0 Å². The molecule has 1 fully saturated rings. The molecule has 39 heavy (non-hydrogen) atoms. The highest BCUT2D eigenvalue weighted by molar-refractivity contribution is 6.08. The van der Waals surface area contributed by atoms with Crippen LogP contribution in [0.1, 0.15) is 35.9 Å². The number of hydrogen-bond donors (Lipinski definition) is 6. The van der Waals surface area contributed by atoms with E-state index in [1.165, 1.54) is 6.33 Å². The van der Waals surface area contributed by atoms with E-state index in [0.717, 1.165) is 21.5 Å². The first kappa shape index (κ1) is 24.3. The molecule has 0 saturated carbocycles. The molecule has 1 saturated heterocycles. The Bertz CT molecular complexity index is 1710. The molecule has 5 aromatic rings. The lowest BCUT2D eigenvalue weighted by atomic mass is 9.80. The number of hydrogen-bond acceptors (Lipinski definition) is 10. The zero-order valence-electron chi connectivity index (χ0n) is 20.8. The standard InChI is InChI=1S/C28H28N6O5/c29-27-23-28(32-11-31-27)34(12-33-23)21-9-19(35)20(39-21)10-30-22-17-8-16-14(6-5-13-3-1-2-4-15(13)16)7-18(17)24(36)26(38)25(22)37/h1-8,11-12,19-22,24-26,30,35-38H,9-10H2,(H2,29,31,32)/t19-,20+,21+,22+,24-,25-,26+/m0/s1. The van der Waals surface area contributed by atoms with Crippen molar-refractivity contribution in [2.24, 2.45) is 0 Å². The third-order valence-electron chi connectivity index (χ3n) is 8.06. The fourth-order valence-electron chi connectivity index (χ4n) is 5.99. The van der Waals surface area contributed by atoms with Crippen LogP contribution >= 0.6 is 0 Å². The molecule has 7 atom stereocenters. The van der Waals surface area contributed by atoms with Crippen molar-refractivity contribution in [3.8, 4) is 0 Å². The number of nitrogens with two attached hydrogens (primary N) is 1. The highest BCUT2D eigenvalue weighted by atomic mass is 16.5. The summed E-state index contributed by atoms with van der Waals surface area (Å²) in [6.45, 7) is 0.193. The molecule has 0 unspecified atom stereocenters. The van der Waals surface area contributed by atoms with Crippen LogP contribution in [0.25, 0.3) is 32.7 Å². The maximum Gasteiger partial charge on any atom is 0.167 e. The van der Waals surface area contributed by atoms with Crippen LogP contribution < -0.4 is 11.1 Å². The number of aromatic nitrogens is 4. The van der Waals surface area contributed by atoms with E-state index in [2.05, 4.69) is 20.3 Å². The van der Waals surface area contributed by atoms with Gasteiger partial charge in [0.15, 0.2) is 11.5 Å². The van der Waals surface area contributed by atoms with E-state index in [4.69, 9.17) is 10.5 Å². The second kappa shape index (κ2) is 9.19.